The van der Waals surface area contributed by atoms with Crippen molar-refractivity contribution in [2.75, 3.05) is 77.3 Å². The van der Waals surface area contributed by atoms with E-state index < -0.39 is 61.6 Å². The Hall–Kier alpha value is -4.64. The van der Waals surface area contributed by atoms with Gasteiger partial charge in [-0.25, -0.2) is 24.9 Å². The Morgan fingerprint density at radius 3 is 1.96 bits per heavy atom. The predicted molar refractivity (Wildman–Crippen MR) is 202 cm³/mol. The van der Waals surface area contributed by atoms with Crippen LogP contribution in [0.25, 0.3) is 11.4 Å². The number of piperazine rings is 1. The molecule has 0 radical (unpaired) electrons. The summed E-state index contributed by atoms with van der Waals surface area (Å²) in [6.45, 7) is 9.81. The molecule has 4 rings (SSSR count). The molecule has 55 heavy (non-hydrogen) atoms. The molecule has 302 valence electrons. The van der Waals surface area contributed by atoms with Gasteiger partial charge in [0.1, 0.15) is 29.6 Å². The second-order valence-electron chi connectivity index (χ2n) is 13.1. The van der Waals surface area contributed by atoms with Gasteiger partial charge in [-0.05, 0) is 41.0 Å². The second kappa shape index (κ2) is 20.3. The van der Waals surface area contributed by atoms with E-state index in [1.807, 2.05) is 35.2 Å². The normalized spacial score (nSPS) is 18.4. The molecule has 1 aromatic heterocycles. The first-order chi connectivity index (χ1) is 26.3. The minimum Gasteiger partial charge on any atom is -0.465 e. The number of amides is 3. The molecule has 3 amide bonds. The zero-order valence-corrected chi connectivity index (χ0v) is 33.2. The highest BCUT2D eigenvalue weighted by Gasteiger charge is 2.40. The van der Waals surface area contributed by atoms with Crippen LogP contribution >= 0.6 is 7.44 Å². The van der Waals surface area contributed by atoms with Crippen molar-refractivity contribution >= 4 is 43.1 Å². The van der Waals surface area contributed by atoms with Gasteiger partial charge in [0, 0.05) is 58.0 Å². The third-order valence-corrected chi connectivity index (χ3v) is 11.5. The van der Waals surface area contributed by atoms with Crippen molar-refractivity contribution in [1.82, 2.24) is 35.3 Å². The number of benzene rings is 1. The number of nitrogens with one attached hydrogen (secondary N) is 3. The van der Waals surface area contributed by atoms with E-state index >= 15 is 0 Å². The SMILES string of the molecule is CCOC(=O)[C@H](C)NP(=O)(CC(NC(=O)c1cc(N2CC[C@H](OC)C2)nc(-c2ccccc2)n1)C(=O)N1CCN(C(=O)OCC)CC1)N[C@H](C)C(=O)OCC. The van der Waals surface area contributed by atoms with Crippen LogP contribution in [0.4, 0.5) is 10.6 Å². The number of methoxy groups -OCH3 is 1. The molecule has 3 heterocycles. The average molecular weight is 789 g/mol. The Bertz CT molecular complexity index is 1660. The molecular weight excluding hydrogens is 735 g/mol. The minimum atomic E-state index is -4.13. The van der Waals surface area contributed by atoms with E-state index in [1.165, 1.54) is 29.7 Å². The Morgan fingerprint density at radius 2 is 1.42 bits per heavy atom. The standard InChI is InChI=1S/C36H53N8O10P/c1-7-52-34(47)24(4)40-55(50,41-25(5)35(48)53-8-2)23-29(33(46)42-17-19-43(20-18-42)36(49)54-9-3)38-32(45)28-21-30(44-16-15-27(22-44)51-6)39-31(37-28)26-13-11-10-12-14-26/h10-14,21,24-25,27,29H,7-9,15-20,22-23H2,1-6H3,(H,38,45)(H2,40,41,50)/t24-,25+,27-,29?,55?/m0/s1. The molecule has 2 saturated heterocycles. The summed E-state index contributed by atoms with van der Waals surface area (Å²) in [5.74, 6) is -2.02. The highest BCUT2D eigenvalue weighted by Crippen LogP contribution is 2.39. The van der Waals surface area contributed by atoms with Crippen LogP contribution in [0.1, 0.15) is 51.5 Å². The predicted octanol–water partition coefficient (Wildman–Crippen LogP) is 2.04. The fraction of sp³-hybridized carbons (Fsp3) is 0.583. The van der Waals surface area contributed by atoms with Gasteiger partial charge in [0.15, 0.2) is 5.82 Å². The zero-order valence-electron chi connectivity index (χ0n) is 32.3. The summed E-state index contributed by atoms with van der Waals surface area (Å²) >= 11 is 0. The van der Waals surface area contributed by atoms with Crippen LogP contribution in [0.5, 0.6) is 0 Å². The van der Waals surface area contributed by atoms with E-state index in [0.717, 1.165) is 6.42 Å². The fourth-order valence-corrected chi connectivity index (χ4v) is 8.69. The zero-order chi connectivity index (χ0) is 40.1. The molecule has 0 bridgehead atoms. The highest BCUT2D eigenvalue weighted by molar-refractivity contribution is 7.60. The van der Waals surface area contributed by atoms with Gasteiger partial charge < -0.3 is 39.0 Å². The van der Waals surface area contributed by atoms with E-state index in [0.29, 0.717) is 24.5 Å². The van der Waals surface area contributed by atoms with Gasteiger partial charge in [0.05, 0.1) is 32.1 Å². The van der Waals surface area contributed by atoms with Crippen LogP contribution in [0, 0.1) is 0 Å². The quantitative estimate of drug-likeness (QED) is 0.119. The van der Waals surface area contributed by atoms with Crippen LogP contribution in [-0.2, 0) is 37.9 Å². The Morgan fingerprint density at radius 1 is 0.836 bits per heavy atom. The number of rotatable bonds is 17. The van der Waals surface area contributed by atoms with Crippen LogP contribution in [0.3, 0.4) is 0 Å². The van der Waals surface area contributed by atoms with Crippen LogP contribution < -0.4 is 20.4 Å². The van der Waals surface area contributed by atoms with E-state index in [-0.39, 0.29) is 63.6 Å². The fourth-order valence-electron chi connectivity index (χ4n) is 6.19. The number of nitrogens with zero attached hydrogens (tertiary/aromatic N) is 5. The maximum atomic E-state index is 14.8. The van der Waals surface area contributed by atoms with E-state index in [9.17, 15) is 28.5 Å². The third kappa shape index (κ3) is 11.9. The summed E-state index contributed by atoms with van der Waals surface area (Å²) in [6.07, 6.45) is -0.357. The van der Waals surface area contributed by atoms with Crippen molar-refractivity contribution in [3.05, 3.63) is 42.1 Å². The maximum Gasteiger partial charge on any atom is 0.409 e. The molecule has 1 aromatic carbocycles. The summed E-state index contributed by atoms with van der Waals surface area (Å²) in [6, 6.07) is 6.90. The van der Waals surface area contributed by atoms with Crippen LogP contribution in [-0.4, -0.2) is 146 Å². The number of hydrogen-bond acceptors (Lipinski definition) is 13. The van der Waals surface area contributed by atoms with Crippen LogP contribution in [0.2, 0.25) is 0 Å². The summed E-state index contributed by atoms with van der Waals surface area (Å²) in [7, 11) is -2.49. The summed E-state index contributed by atoms with van der Waals surface area (Å²) in [4.78, 5) is 80.7. The second-order valence-corrected chi connectivity index (χ2v) is 15.4. The number of esters is 2. The first kappa shape index (κ1) is 43.1. The van der Waals surface area contributed by atoms with Crippen molar-refractivity contribution in [3.8, 4) is 11.4 Å². The summed E-state index contributed by atoms with van der Waals surface area (Å²) < 4.78 is 35.7. The van der Waals surface area contributed by atoms with Crippen molar-refractivity contribution in [2.24, 2.45) is 0 Å². The molecule has 2 aliphatic rings. The lowest BCUT2D eigenvalue weighted by molar-refractivity contribution is -0.145. The number of aromatic nitrogens is 2. The monoisotopic (exact) mass is 788 g/mol. The number of ether oxygens (including phenoxy) is 4. The molecule has 2 aromatic rings. The maximum absolute atomic E-state index is 14.8. The molecule has 18 nitrogen and oxygen atoms in total. The minimum absolute atomic E-state index is 0.0261. The summed E-state index contributed by atoms with van der Waals surface area (Å²) in [5, 5.41) is 8.27. The van der Waals surface area contributed by atoms with Gasteiger partial charge in [-0.3, -0.25) is 23.7 Å². The van der Waals surface area contributed by atoms with Crippen molar-refractivity contribution in [3.63, 3.8) is 0 Å². The lowest BCUT2D eigenvalue weighted by Gasteiger charge is -2.37. The molecular formula is C36H53N8O10P. The molecule has 5 atom stereocenters. The molecule has 2 fully saturated rings. The van der Waals surface area contributed by atoms with Gasteiger partial charge in [-0.2, -0.15) is 0 Å². The topological polar surface area (TPSA) is 211 Å². The first-order valence-corrected chi connectivity index (χ1v) is 20.4. The van der Waals surface area contributed by atoms with E-state index in [1.54, 1.807) is 27.9 Å². The Balaban J connectivity index is 1.72. The van der Waals surface area contributed by atoms with Crippen molar-refractivity contribution in [2.45, 2.75) is 65.3 Å². The Labute approximate surface area is 321 Å². The van der Waals surface area contributed by atoms with Crippen molar-refractivity contribution < 1.29 is 47.5 Å². The number of anilines is 1. The number of hydrogen-bond donors (Lipinski definition) is 3. The lowest BCUT2D eigenvalue weighted by atomic mass is 10.2. The van der Waals surface area contributed by atoms with Gasteiger partial charge in [-0.15, -0.1) is 0 Å². The number of carbonyl (C=O) groups is 5. The van der Waals surface area contributed by atoms with E-state index in [2.05, 4.69) is 20.5 Å². The lowest BCUT2D eigenvalue weighted by Crippen LogP contribution is -2.57. The molecule has 2 aliphatic heterocycles. The average Bonchev–Trinajstić information content (AvgIpc) is 3.67. The smallest absolute Gasteiger partial charge is 0.409 e. The molecule has 3 N–H and O–H groups in total. The van der Waals surface area contributed by atoms with Crippen molar-refractivity contribution in [1.29, 1.82) is 0 Å². The van der Waals surface area contributed by atoms with Crippen LogP contribution in [0.15, 0.2) is 36.4 Å². The molecule has 0 spiro atoms. The molecule has 2 unspecified atom stereocenters. The summed E-state index contributed by atoms with van der Waals surface area (Å²) in [5.41, 5.74) is 0.608. The van der Waals surface area contributed by atoms with Gasteiger partial charge in [0.25, 0.3) is 5.91 Å². The Kier molecular flexibility index (Phi) is 15.9. The number of carbonyl (C=O) groups excluding carboxylic acids is 5. The largest absolute Gasteiger partial charge is 0.465 e. The first-order valence-electron chi connectivity index (χ1n) is 18.5. The van der Waals surface area contributed by atoms with E-state index in [4.69, 9.17) is 23.9 Å². The molecule has 0 aliphatic carbocycles. The van der Waals surface area contributed by atoms with Gasteiger partial charge >= 0.3 is 18.0 Å². The van der Waals surface area contributed by atoms with Gasteiger partial charge in [-0.1, -0.05) is 30.3 Å². The third-order valence-electron chi connectivity index (χ3n) is 9.02. The molecule has 0 saturated carbocycles. The van der Waals surface area contributed by atoms with Gasteiger partial charge in [0.2, 0.25) is 13.4 Å². The molecule has 19 heteroatoms. The highest BCUT2D eigenvalue weighted by atomic mass is 31.2.